The second-order valence-corrected chi connectivity index (χ2v) is 5.60. The van der Waals surface area contributed by atoms with Crippen LogP contribution in [0, 0.1) is 0 Å². The first-order valence-electron chi connectivity index (χ1n) is 6.95. The Morgan fingerprint density at radius 2 is 1.95 bits per heavy atom. The van der Waals surface area contributed by atoms with Gasteiger partial charge in [-0.15, -0.1) is 0 Å². The van der Waals surface area contributed by atoms with Crippen molar-refractivity contribution in [1.29, 1.82) is 0 Å². The van der Waals surface area contributed by atoms with Crippen molar-refractivity contribution >= 4 is 0 Å². The minimum Gasteiger partial charge on any atom is -0.381 e. The average molecular weight is 263 g/mol. The van der Waals surface area contributed by atoms with Crippen molar-refractivity contribution in [3.63, 3.8) is 0 Å². The molecular formula is C15H25N3O. The normalized spacial score (nSPS) is 22.0. The summed E-state index contributed by atoms with van der Waals surface area (Å²) in [6.07, 6.45) is 1.01. The summed E-state index contributed by atoms with van der Waals surface area (Å²) in [5.74, 6) is 0. The quantitative estimate of drug-likeness (QED) is 0.846. The number of hydrogen-bond donors (Lipinski definition) is 1. The molecule has 0 unspecified atom stereocenters. The molecule has 4 nitrogen and oxygen atoms in total. The SMILES string of the molecule is CN(C)CN1CCN(CO)[C@@H](Cc2ccccc2)C1. The van der Waals surface area contributed by atoms with Crippen LogP contribution in [0.5, 0.6) is 0 Å². The fourth-order valence-corrected chi connectivity index (χ4v) is 2.75. The van der Waals surface area contributed by atoms with Gasteiger partial charge in [-0.25, -0.2) is 0 Å². The molecule has 2 rings (SSSR count). The highest BCUT2D eigenvalue weighted by Crippen LogP contribution is 2.14. The summed E-state index contributed by atoms with van der Waals surface area (Å²) in [6.45, 7) is 4.15. The number of hydrogen-bond acceptors (Lipinski definition) is 4. The van der Waals surface area contributed by atoms with Gasteiger partial charge in [0.2, 0.25) is 0 Å². The van der Waals surface area contributed by atoms with Crippen LogP contribution < -0.4 is 0 Å². The van der Waals surface area contributed by atoms with Crippen LogP contribution in [0.25, 0.3) is 0 Å². The number of rotatable bonds is 5. The first kappa shape index (κ1) is 14.5. The molecule has 4 heteroatoms. The molecule has 1 aromatic carbocycles. The molecule has 0 aromatic heterocycles. The van der Waals surface area contributed by atoms with Gasteiger partial charge in [-0.3, -0.25) is 14.7 Å². The Kier molecular flexibility index (Phi) is 5.34. The van der Waals surface area contributed by atoms with E-state index in [1.165, 1.54) is 5.56 Å². The van der Waals surface area contributed by atoms with Crippen molar-refractivity contribution in [2.45, 2.75) is 12.5 Å². The van der Waals surface area contributed by atoms with Gasteiger partial charge in [0.05, 0.1) is 13.4 Å². The molecule has 0 saturated carbocycles. The molecule has 1 aromatic rings. The minimum atomic E-state index is 0.160. The number of aliphatic hydroxyl groups is 1. The maximum absolute atomic E-state index is 9.50. The zero-order valence-corrected chi connectivity index (χ0v) is 12.0. The second-order valence-electron chi connectivity index (χ2n) is 5.60. The number of benzene rings is 1. The van der Waals surface area contributed by atoms with Crippen molar-refractivity contribution in [3.05, 3.63) is 35.9 Å². The van der Waals surface area contributed by atoms with Gasteiger partial charge >= 0.3 is 0 Å². The molecule has 0 radical (unpaired) electrons. The van der Waals surface area contributed by atoms with E-state index in [2.05, 4.69) is 53.1 Å². The van der Waals surface area contributed by atoms with E-state index in [-0.39, 0.29) is 6.73 Å². The van der Waals surface area contributed by atoms with Gasteiger partial charge in [0.25, 0.3) is 0 Å². The van der Waals surface area contributed by atoms with E-state index in [1.807, 2.05) is 6.07 Å². The van der Waals surface area contributed by atoms with E-state index in [1.54, 1.807) is 0 Å². The van der Waals surface area contributed by atoms with Crippen LogP contribution in [0.2, 0.25) is 0 Å². The van der Waals surface area contributed by atoms with Crippen molar-refractivity contribution in [1.82, 2.24) is 14.7 Å². The lowest BCUT2D eigenvalue weighted by Crippen LogP contribution is -2.55. The summed E-state index contributed by atoms with van der Waals surface area (Å²) in [6, 6.07) is 11.0. The van der Waals surface area contributed by atoms with E-state index in [9.17, 15) is 5.11 Å². The van der Waals surface area contributed by atoms with Crippen LogP contribution in [-0.4, -0.2) is 73.0 Å². The highest BCUT2D eigenvalue weighted by molar-refractivity contribution is 5.16. The fraction of sp³-hybridized carbons (Fsp3) is 0.600. The van der Waals surface area contributed by atoms with Gasteiger partial charge in [0.15, 0.2) is 0 Å². The maximum Gasteiger partial charge on any atom is 0.0959 e. The van der Waals surface area contributed by atoms with Crippen molar-refractivity contribution in [2.75, 3.05) is 47.1 Å². The lowest BCUT2D eigenvalue weighted by molar-refractivity contribution is -0.00242. The summed E-state index contributed by atoms with van der Waals surface area (Å²) in [5.41, 5.74) is 1.35. The van der Waals surface area contributed by atoms with Gasteiger partial charge in [-0.05, 0) is 26.1 Å². The Bertz CT molecular complexity index is 369. The van der Waals surface area contributed by atoms with Crippen LogP contribution in [-0.2, 0) is 6.42 Å². The third-order valence-corrected chi connectivity index (χ3v) is 3.67. The largest absolute Gasteiger partial charge is 0.381 e. The Labute approximate surface area is 116 Å². The zero-order chi connectivity index (χ0) is 13.7. The average Bonchev–Trinajstić information content (AvgIpc) is 2.39. The molecule has 106 valence electrons. The molecule has 0 spiro atoms. The molecule has 0 aliphatic carbocycles. The lowest BCUT2D eigenvalue weighted by Gasteiger charge is -2.41. The van der Waals surface area contributed by atoms with Crippen LogP contribution in [0.4, 0.5) is 0 Å². The highest BCUT2D eigenvalue weighted by Gasteiger charge is 2.26. The van der Waals surface area contributed by atoms with E-state index >= 15 is 0 Å². The molecule has 1 heterocycles. The molecule has 1 fully saturated rings. The fourth-order valence-electron chi connectivity index (χ4n) is 2.75. The van der Waals surface area contributed by atoms with Gasteiger partial charge in [-0.2, -0.15) is 0 Å². The molecule has 0 amide bonds. The standard InChI is InChI=1S/C15H25N3O/c1-16(2)12-17-8-9-18(13-19)15(11-17)10-14-6-4-3-5-7-14/h3-7,15,19H,8-13H2,1-2H3/t15-/m0/s1. The van der Waals surface area contributed by atoms with Gasteiger partial charge in [0.1, 0.15) is 0 Å². The van der Waals surface area contributed by atoms with Crippen LogP contribution in [0.3, 0.4) is 0 Å². The van der Waals surface area contributed by atoms with Crippen LogP contribution in [0.15, 0.2) is 30.3 Å². The molecule has 1 aliphatic heterocycles. The van der Waals surface area contributed by atoms with E-state index in [0.29, 0.717) is 6.04 Å². The molecular weight excluding hydrogens is 238 g/mol. The topological polar surface area (TPSA) is 30.0 Å². The van der Waals surface area contributed by atoms with Gasteiger partial charge < -0.3 is 5.11 Å². The Balaban J connectivity index is 1.97. The van der Waals surface area contributed by atoms with Crippen molar-refractivity contribution in [2.24, 2.45) is 0 Å². The smallest absolute Gasteiger partial charge is 0.0959 e. The zero-order valence-electron chi connectivity index (χ0n) is 12.0. The summed E-state index contributed by atoms with van der Waals surface area (Å²) < 4.78 is 0. The Hall–Kier alpha value is -0.940. The Morgan fingerprint density at radius 3 is 2.58 bits per heavy atom. The third kappa shape index (κ3) is 4.28. The molecule has 1 saturated heterocycles. The number of piperazine rings is 1. The first-order valence-corrected chi connectivity index (χ1v) is 6.95. The monoisotopic (exact) mass is 263 g/mol. The number of aliphatic hydroxyl groups excluding tert-OH is 1. The minimum absolute atomic E-state index is 0.160. The summed E-state index contributed by atoms with van der Waals surface area (Å²) >= 11 is 0. The number of nitrogens with zero attached hydrogens (tertiary/aromatic N) is 3. The van der Waals surface area contributed by atoms with E-state index < -0.39 is 0 Å². The molecule has 19 heavy (non-hydrogen) atoms. The Morgan fingerprint density at radius 1 is 1.21 bits per heavy atom. The van der Waals surface area contributed by atoms with Crippen LogP contribution >= 0.6 is 0 Å². The first-order chi connectivity index (χ1) is 9.19. The lowest BCUT2D eigenvalue weighted by atomic mass is 10.0. The van der Waals surface area contributed by atoms with Crippen molar-refractivity contribution in [3.8, 4) is 0 Å². The van der Waals surface area contributed by atoms with Gasteiger partial charge in [-0.1, -0.05) is 30.3 Å². The molecule has 1 atom stereocenters. The molecule has 1 N–H and O–H groups in total. The maximum atomic E-state index is 9.50. The van der Waals surface area contributed by atoms with Crippen molar-refractivity contribution < 1.29 is 5.11 Å². The summed E-state index contributed by atoms with van der Waals surface area (Å²) in [4.78, 5) is 6.84. The third-order valence-electron chi connectivity index (χ3n) is 3.67. The van der Waals surface area contributed by atoms with Gasteiger partial charge in [0, 0.05) is 25.7 Å². The van der Waals surface area contributed by atoms with Crippen LogP contribution in [0.1, 0.15) is 5.56 Å². The predicted molar refractivity (Wildman–Crippen MR) is 77.9 cm³/mol. The summed E-state index contributed by atoms with van der Waals surface area (Å²) in [5, 5.41) is 9.50. The molecule has 1 aliphatic rings. The van der Waals surface area contributed by atoms with E-state index in [0.717, 1.165) is 32.7 Å². The summed E-state index contributed by atoms with van der Waals surface area (Å²) in [7, 11) is 4.20. The predicted octanol–water partition coefficient (Wildman–Crippen LogP) is 0.684. The molecule has 0 bridgehead atoms. The highest BCUT2D eigenvalue weighted by atomic mass is 16.3. The van der Waals surface area contributed by atoms with E-state index in [4.69, 9.17) is 0 Å². The second kappa shape index (κ2) is 7.01.